The number of carbonyl (C=O) groups excluding carboxylic acids is 1. The van der Waals surface area contributed by atoms with Crippen LogP contribution in [0.3, 0.4) is 0 Å². The van der Waals surface area contributed by atoms with Gasteiger partial charge in [-0.2, -0.15) is 0 Å². The van der Waals surface area contributed by atoms with Gasteiger partial charge in [-0.15, -0.1) is 0 Å². The molecule has 0 unspecified atom stereocenters. The Morgan fingerprint density at radius 2 is 2.08 bits per heavy atom. The third-order valence-corrected chi connectivity index (χ3v) is 3.58. The number of nitrogens with zero attached hydrogens (tertiary/aromatic N) is 2. The molecular formula is C16H17FN4O3. The molecule has 1 amide bonds. The number of rotatable bonds is 4. The van der Waals surface area contributed by atoms with Gasteiger partial charge in [-0.1, -0.05) is 0 Å². The van der Waals surface area contributed by atoms with Gasteiger partial charge in [0, 0.05) is 12.8 Å². The van der Waals surface area contributed by atoms with Gasteiger partial charge in [0.2, 0.25) is 5.88 Å². The number of ether oxygens (including phenoxy) is 2. The molecule has 7 nitrogen and oxygen atoms in total. The van der Waals surface area contributed by atoms with Gasteiger partial charge in [0.1, 0.15) is 17.6 Å². The first-order valence-corrected chi connectivity index (χ1v) is 7.54. The van der Waals surface area contributed by atoms with Crippen molar-refractivity contribution >= 4 is 17.3 Å². The first-order chi connectivity index (χ1) is 11.6. The van der Waals surface area contributed by atoms with Gasteiger partial charge >= 0.3 is 0 Å². The number of aromatic nitrogens is 2. The average molecular weight is 332 g/mol. The predicted octanol–water partition coefficient (Wildman–Crippen LogP) is 2.01. The lowest BCUT2D eigenvalue weighted by Gasteiger charge is -2.22. The van der Waals surface area contributed by atoms with E-state index in [1.165, 1.54) is 24.5 Å². The summed E-state index contributed by atoms with van der Waals surface area (Å²) < 4.78 is 24.2. The summed E-state index contributed by atoms with van der Waals surface area (Å²) in [5, 5.41) is 2.50. The van der Waals surface area contributed by atoms with E-state index in [9.17, 15) is 9.18 Å². The molecule has 3 N–H and O–H groups in total. The number of anilines is 2. The van der Waals surface area contributed by atoms with E-state index in [1.807, 2.05) is 0 Å². The Balaban J connectivity index is 1.64. The van der Waals surface area contributed by atoms with Crippen molar-refractivity contribution in [2.45, 2.75) is 18.9 Å². The molecule has 1 aromatic heterocycles. The van der Waals surface area contributed by atoms with Crippen LogP contribution in [0, 0.1) is 5.82 Å². The number of benzene rings is 1. The van der Waals surface area contributed by atoms with Gasteiger partial charge in [-0.05, 0) is 18.2 Å². The molecule has 0 bridgehead atoms. The number of nitrogens with two attached hydrogens (primary N) is 1. The van der Waals surface area contributed by atoms with Crippen molar-refractivity contribution in [1.82, 2.24) is 9.97 Å². The maximum absolute atomic E-state index is 13.2. The van der Waals surface area contributed by atoms with Crippen LogP contribution in [-0.2, 0) is 4.74 Å². The van der Waals surface area contributed by atoms with Crippen LogP contribution in [0.15, 0.2) is 30.6 Å². The second-order valence-corrected chi connectivity index (χ2v) is 5.36. The van der Waals surface area contributed by atoms with Gasteiger partial charge < -0.3 is 20.5 Å². The maximum atomic E-state index is 13.2. The van der Waals surface area contributed by atoms with E-state index >= 15 is 0 Å². The van der Waals surface area contributed by atoms with Crippen LogP contribution in [0.4, 0.5) is 15.8 Å². The summed E-state index contributed by atoms with van der Waals surface area (Å²) in [7, 11) is 0. The van der Waals surface area contributed by atoms with Crippen molar-refractivity contribution in [3.63, 3.8) is 0 Å². The van der Waals surface area contributed by atoms with Gasteiger partial charge in [0.15, 0.2) is 0 Å². The second-order valence-electron chi connectivity index (χ2n) is 5.36. The molecule has 2 aromatic rings. The van der Waals surface area contributed by atoms with Crippen molar-refractivity contribution < 1.29 is 18.7 Å². The van der Waals surface area contributed by atoms with Gasteiger partial charge in [0.05, 0.1) is 37.0 Å². The molecule has 0 radical (unpaired) electrons. The van der Waals surface area contributed by atoms with E-state index < -0.39 is 11.7 Å². The van der Waals surface area contributed by atoms with E-state index in [2.05, 4.69) is 15.3 Å². The molecule has 0 aliphatic carbocycles. The van der Waals surface area contributed by atoms with Crippen LogP contribution in [0.1, 0.15) is 23.3 Å². The molecule has 1 fully saturated rings. The average Bonchev–Trinajstić information content (AvgIpc) is 2.60. The molecule has 0 atom stereocenters. The molecule has 126 valence electrons. The standard InChI is InChI=1S/C16H17FN4O3/c17-10-1-2-12(18)13(7-10)21-16(22)14-8-20-15(9-19-14)24-11-3-5-23-6-4-11/h1-2,7-9,11H,3-6,18H2,(H,21,22). The molecule has 1 aliphatic rings. The third kappa shape index (κ3) is 3.96. The van der Waals surface area contributed by atoms with E-state index in [0.717, 1.165) is 18.9 Å². The quantitative estimate of drug-likeness (QED) is 0.831. The third-order valence-electron chi connectivity index (χ3n) is 3.58. The smallest absolute Gasteiger partial charge is 0.275 e. The highest BCUT2D eigenvalue weighted by atomic mass is 19.1. The number of hydrogen-bond acceptors (Lipinski definition) is 6. The molecule has 3 rings (SSSR count). The fourth-order valence-corrected chi connectivity index (χ4v) is 2.28. The Hall–Kier alpha value is -2.74. The van der Waals surface area contributed by atoms with Crippen molar-refractivity contribution in [2.24, 2.45) is 0 Å². The molecular weight excluding hydrogens is 315 g/mol. The number of halogens is 1. The zero-order valence-electron chi connectivity index (χ0n) is 12.9. The fourth-order valence-electron chi connectivity index (χ4n) is 2.28. The largest absolute Gasteiger partial charge is 0.473 e. The Labute approximate surface area is 138 Å². The lowest BCUT2D eigenvalue weighted by molar-refractivity contribution is 0.0235. The van der Waals surface area contributed by atoms with E-state index in [4.69, 9.17) is 15.2 Å². The van der Waals surface area contributed by atoms with Crippen LogP contribution in [0.25, 0.3) is 0 Å². The molecule has 8 heteroatoms. The Kier molecular flexibility index (Phi) is 4.85. The number of amides is 1. The van der Waals surface area contributed by atoms with Crippen molar-refractivity contribution in [2.75, 3.05) is 24.3 Å². The minimum Gasteiger partial charge on any atom is -0.473 e. The minimum absolute atomic E-state index is 0.0415. The fraction of sp³-hybridized carbons (Fsp3) is 0.312. The summed E-state index contributed by atoms with van der Waals surface area (Å²) in [5.41, 5.74) is 6.22. The van der Waals surface area contributed by atoms with Crippen LogP contribution in [-0.4, -0.2) is 35.2 Å². The zero-order valence-corrected chi connectivity index (χ0v) is 12.9. The maximum Gasteiger partial charge on any atom is 0.275 e. The van der Waals surface area contributed by atoms with E-state index in [-0.39, 0.29) is 23.2 Å². The second kappa shape index (κ2) is 7.22. The predicted molar refractivity (Wildman–Crippen MR) is 85.3 cm³/mol. The summed E-state index contributed by atoms with van der Waals surface area (Å²) in [4.78, 5) is 20.2. The molecule has 2 heterocycles. The lowest BCUT2D eigenvalue weighted by Crippen LogP contribution is -2.26. The minimum atomic E-state index is -0.530. The summed E-state index contributed by atoms with van der Waals surface area (Å²) >= 11 is 0. The van der Waals surface area contributed by atoms with Crippen molar-refractivity contribution in [1.29, 1.82) is 0 Å². The number of nitrogens with one attached hydrogen (secondary N) is 1. The summed E-state index contributed by atoms with van der Waals surface area (Å²) in [6.07, 6.45) is 4.32. The monoisotopic (exact) mass is 332 g/mol. The molecule has 1 aromatic carbocycles. The SMILES string of the molecule is Nc1ccc(F)cc1NC(=O)c1cnc(OC2CCOCC2)cn1. The first kappa shape index (κ1) is 16.1. The van der Waals surface area contributed by atoms with Gasteiger partial charge in [0.25, 0.3) is 5.91 Å². The van der Waals surface area contributed by atoms with Gasteiger partial charge in [-0.3, -0.25) is 4.79 Å². The number of nitrogen functional groups attached to an aromatic ring is 1. The zero-order chi connectivity index (χ0) is 16.9. The number of carbonyl (C=O) groups is 1. The Morgan fingerprint density at radius 3 is 2.79 bits per heavy atom. The normalized spacial score (nSPS) is 15.0. The molecule has 1 aliphatic heterocycles. The molecule has 0 saturated carbocycles. The summed E-state index contributed by atoms with van der Waals surface area (Å²) in [5.74, 6) is -0.674. The Bertz CT molecular complexity index is 718. The topological polar surface area (TPSA) is 99.4 Å². The molecule has 1 saturated heterocycles. The lowest BCUT2D eigenvalue weighted by atomic mass is 10.2. The van der Waals surface area contributed by atoms with Crippen LogP contribution >= 0.6 is 0 Å². The summed E-state index contributed by atoms with van der Waals surface area (Å²) in [6, 6.07) is 3.73. The first-order valence-electron chi connectivity index (χ1n) is 7.54. The Morgan fingerprint density at radius 1 is 1.29 bits per heavy atom. The summed E-state index contributed by atoms with van der Waals surface area (Å²) in [6.45, 7) is 1.32. The van der Waals surface area contributed by atoms with Crippen LogP contribution in [0.2, 0.25) is 0 Å². The molecule has 0 spiro atoms. The van der Waals surface area contributed by atoms with E-state index in [1.54, 1.807) is 0 Å². The molecule has 24 heavy (non-hydrogen) atoms. The van der Waals surface area contributed by atoms with Gasteiger partial charge in [-0.25, -0.2) is 14.4 Å². The highest BCUT2D eigenvalue weighted by Crippen LogP contribution is 2.20. The highest BCUT2D eigenvalue weighted by molar-refractivity contribution is 6.04. The highest BCUT2D eigenvalue weighted by Gasteiger charge is 2.17. The van der Waals surface area contributed by atoms with Crippen LogP contribution < -0.4 is 15.8 Å². The van der Waals surface area contributed by atoms with Crippen molar-refractivity contribution in [3.8, 4) is 5.88 Å². The van der Waals surface area contributed by atoms with E-state index in [0.29, 0.717) is 19.1 Å². The van der Waals surface area contributed by atoms with Crippen LogP contribution in [0.5, 0.6) is 5.88 Å². The van der Waals surface area contributed by atoms with Crippen molar-refractivity contribution in [3.05, 3.63) is 42.1 Å². The number of hydrogen-bond donors (Lipinski definition) is 2.